The summed E-state index contributed by atoms with van der Waals surface area (Å²) in [5.41, 5.74) is 7.91. The molecule has 1 heterocycles. The summed E-state index contributed by atoms with van der Waals surface area (Å²) in [6, 6.07) is 8.42. The molecule has 0 aliphatic rings. The van der Waals surface area contributed by atoms with Gasteiger partial charge in [-0.3, -0.25) is 4.21 Å². The Labute approximate surface area is 161 Å². The number of carbonyl (C=O) groups is 1. The van der Waals surface area contributed by atoms with Crippen molar-refractivity contribution in [2.45, 2.75) is 18.6 Å². The first-order valence-corrected chi connectivity index (χ1v) is 9.92. The van der Waals surface area contributed by atoms with Gasteiger partial charge in [-0.15, -0.1) is 0 Å². The van der Waals surface area contributed by atoms with Gasteiger partial charge in [0.15, 0.2) is 5.82 Å². The van der Waals surface area contributed by atoms with E-state index in [1.165, 1.54) is 0 Å². The van der Waals surface area contributed by atoms with E-state index in [0.29, 0.717) is 36.2 Å². The number of rotatable bonds is 7. The molecule has 0 radical (unpaired) electrons. The van der Waals surface area contributed by atoms with Gasteiger partial charge in [-0.1, -0.05) is 0 Å². The Balaban J connectivity index is 2.18. The predicted molar refractivity (Wildman–Crippen MR) is 108 cm³/mol. The lowest BCUT2D eigenvalue weighted by atomic mass is 10.1. The Morgan fingerprint density at radius 3 is 2.52 bits per heavy atom. The van der Waals surface area contributed by atoms with E-state index in [4.69, 9.17) is 10.5 Å². The van der Waals surface area contributed by atoms with E-state index < -0.39 is 15.5 Å². The fourth-order valence-corrected chi connectivity index (χ4v) is 2.59. The highest BCUT2D eigenvalue weighted by atomic mass is 32.2. The van der Waals surface area contributed by atoms with Crippen molar-refractivity contribution in [1.82, 2.24) is 15.3 Å². The smallest absolute Gasteiger partial charge is 0.319 e. The Morgan fingerprint density at radius 1 is 1.26 bits per heavy atom. The molecular formula is C18H25N5O3S. The molecule has 0 aliphatic heterocycles. The summed E-state index contributed by atoms with van der Waals surface area (Å²) in [5, 5.41) is 5.41. The number of anilines is 2. The molecule has 2 rings (SSSR count). The van der Waals surface area contributed by atoms with Gasteiger partial charge < -0.3 is 21.1 Å². The van der Waals surface area contributed by atoms with Gasteiger partial charge in [-0.05, 0) is 38.1 Å². The number of nitrogens with zero attached hydrogens (tertiary/aromatic N) is 2. The Kier molecular flexibility index (Phi) is 6.86. The molecule has 146 valence electrons. The molecule has 0 aliphatic carbocycles. The topological polar surface area (TPSA) is 119 Å². The van der Waals surface area contributed by atoms with E-state index in [0.717, 1.165) is 5.56 Å². The van der Waals surface area contributed by atoms with Crippen LogP contribution in [0.15, 0.2) is 30.3 Å². The van der Waals surface area contributed by atoms with Crippen LogP contribution in [0.25, 0.3) is 11.4 Å². The maximum atomic E-state index is 12.0. The lowest BCUT2D eigenvalue weighted by Gasteiger charge is -2.21. The highest BCUT2D eigenvalue weighted by Crippen LogP contribution is 2.28. The molecule has 0 spiro atoms. The Hall–Kier alpha value is -2.52. The quantitative estimate of drug-likeness (QED) is 0.622. The average Bonchev–Trinajstić information content (AvgIpc) is 2.62. The van der Waals surface area contributed by atoms with Gasteiger partial charge >= 0.3 is 6.03 Å². The summed E-state index contributed by atoms with van der Waals surface area (Å²) in [4.78, 5) is 20.6. The first-order chi connectivity index (χ1) is 12.7. The van der Waals surface area contributed by atoms with Crippen molar-refractivity contribution in [1.29, 1.82) is 0 Å². The third kappa shape index (κ3) is 5.48. The van der Waals surface area contributed by atoms with Crippen molar-refractivity contribution in [3.63, 3.8) is 0 Å². The Morgan fingerprint density at radius 2 is 1.93 bits per heavy atom. The summed E-state index contributed by atoms with van der Waals surface area (Å²) >= 11 is 0. The van der Waals surface area contributed by atoms with E-state index in [-0.39, 0.29) is 6.03 Å². The van der Waals surface area contributed by atoms with Gasteiger partial charge in [0.2, 0.25) is 0 Å². The van der Waals surface area contributed by atoms with E-state index in [2.05, 4.69) is 20.6 Å². The minimum Gasteiger partial charge on any atom is -0.384 e. The summed E-state index contributed by atoms with van der Waals surface area (Å²) in [6.45, 7) is 4.57. The number of benzene rings is 1. The molecular weight excluding hydrogens is 366 g/mol. The maximum absolute atomic E-state index is 12.0. The van der Waals surface area contributed by atoms with Crippen LogP contribution in [0, 0.1) is 0 Å². The zero-order chi connectivity index (χ0) is 20.0. The van der Waals surface area contributed by atoms with E-state index in [9.17, 15) is 9.00 Å². The van der Waals surface area contributed by atoms with Crippen LogP contribution in [-0.4, -0.2) is 46.7 Å². The molecule has 1 atom stereocenters. The number of amides is 2. The highest BCUT2D eigenvalue weighted by Gasteiger charge is 2.28. The molecule has 0 bridgehead atoms. The number of nitrogens with two attached hydrogens (primary N) is 1. The Bertz CT molecular complexity index is 824. The summed E-state index contributed by atoms with van der Waals surface area (Å²) in [6.07, 6.45) is 1.64. The van der Waals surface area contributed by atoms with Crippen LogP contribution in [0.2, 0.25) is 0 Å². The summed E-state index contributed by atoms with van der Waals surface area (Å²) in [5.74, 6) is 0.757. The monoisotopic (exact) mass is 391 g/mol. The van der Waals surface area contributed by atoms with Crippen LogP contribution in [-0.2, 0) is 20.3 Å². The SMILES string of the molecule is COCCNC(=O)Nc1ccc(-c2nc(N)cc(C(C)(C)S(C)=O)n2)cc1. The molecule has 27 heavy (non-hydrogen) atoms. The lowest BCUT2D eigenvalue weighted by molar-refractivity contribution is 0.198. The van der Waals surface area contributed by atoms with Gasteiger partial charge in [-0.25, -0.2) is 14.8 Å². The predicted octanol–water partition coefficient (Wildman–Crippen LogP) is 2.11. The number of hydrogen-bond donors (Lipinski definition) is 3. The summed E-state index contributed by atoms with van der Waals surface area (Å²) < 4.78 is 16.3. The number of nitrogens with one attached hydrogen (secondary N) is 2. The number of nitrogen functional groups attached to an aromatic ring is 1. The van der Waals surface area contributed by atoms with E-state index >= 15 is 0 Å². The largest absolute Gasteiger partial charge is 0.384 e. The van der Waals surface area contributed by atoms with E-state index in [1.807, 2.05) is 13.8 Å². The molecule has 8 nitrogen and oxygen atoms in total. The number of hydrogen-bond acceptors (Lipinski definition) is 6. The van der Waals surface area contributed by atoms with Gasteiger partial charge in [-0.2, -0.15) is 0 Å². The fourth-order valence-electron chi connectivity index (χ4n) is 2.20. The van der Waals surface area contributed by atoms with Crippen LogP contribution in [0.1, 0.15) is 19.5 Å². The molecule has 1 aromatic heterocycles. The molecule has 9 heteroatoms. The average molecular weight is 391 g/mol. The second-order valence-corrected chi connectivity index (χ2v) is 8.35. The fraction of sp³-hybridized carbons (Fsp3) is 0.389. The third-order valence-corrected chi connectivity index (χ3v) is 5.72. The zero-order valence-electron chi connectivity index (χ0n) is 15.9. The van der Waals surface area contributed by atoms with Crippen LogP contribution in [0.5, 0.6) is 0 Å². The van der Waals surface area contributed by atoms with Crippen molar-refractivity contribution in [2.24, 2.45) is 0 Å². The van der Waals surface area contributed by atoms with Gasteiger partial charge in [0, 0.05) is 48.0 Å². The first-order valence-electron chi connectivity index (χ1n) is 8.37. The minimum atomic E-state index is -1.12. The second-order valence-electron chi connectivity index (χ2n) is 6.42. The molecule has 0 saturated heterocycles. The zero-order valence-corrected chi connectivity index (χ0v) is 16.7. The van der Waals surface area contributed by atoms with Crippen molar-refractivity contribution in [3.05, 3.63) is 36.0 Å². The molecule has 1 unspecified atom stereocenters. The normalized spacial score (nSPS) is 12.4. The van der Waals surface area contributed by atoms with Crippen molar-refractivity contribution >= 4 is 28.3 Å². The number of urea groups is 1. The van der Waals surface area contributed by atoms with Crippen LogP contribution in [0.4, 0.5) is 16.3 Å². The van der Waals surface area contributed by atoms with Gasteiger partial charge in [0.05, 0.1) is 17.0 Å². The van der Waals surface area contributed by atoms with Crippen molar-refractivity contribution in [2.75, 3.05) is 37.6 Å². The maximum Gasteiger partial charge on any atom is 0.319 e. The summed E-state index contributed by atoms with van der Waals surface area (Å²) in [7, 11) is 0.448. The number of ether oxygens (including phenoxy) is 1. The minimum absolute atomic E-state index is 0.311. The molecule has 0 saturated carbocycles. The van der Waals surface area contributed by atoms with Crippen molar-refractivity contribution in [3.8, 4) is 11.4 Å². The number of methoxy groups -OCH3 is 1. The van der Waals surface area contributed by atoms with Gasteiger partial charge in [0.1, 0.15) is 5.82 Å². The van der Waals surface area contributed by atoms with Crippen LogP contribution >= 0.6 is 0 Å². The van der Waals surface area contributed by atoms with Gasteiger partial charge in [0.25, 0.3) is 0 Å². The molecule has 2 amide bonds. The standard InChI is InChI=1S/C18H25N5O3S/c1-18(2,27(4)25)14-11-15(19)23-16(22-14)12-5-7-13(8-6-12)21-17(24)20-9-10-26-3/h5-8,11H,9-10H2,1-4H3,(H2,19,22,23)(H2,20,21,24). The van der Waals surface area contributed by atoms with E-state index in [1.54, 1.807) is 43.7 Å². The lowest BCUT2D eigenvalue weighted by Crippen LogP contribution is -2.31. The number of carbonyl (C=O) groups excluding carboxylic acids is 1. The van der Waals surface area contributed by atoms with Crippen molar-refractivity contribution < 1.29 is 13.7 Å². The van der Waals surface area contributed by atoms with Crippen LogP contribution < -0.4 is 16.4 Å². The third-order valence-electron chi connectivity index (χ3n) is 4.07. The molecule has 1 aromatic carbocycles. The van der Waals surface area contributed by atoms with Crippen LogP contribution in [0.3, 0.4) is 0 Å². The molecule has 4 N–H and O–H groups in total. The molecule has 0 fully saturated rings. The number of aromatic nitrogens is 2. The second kappa shape index (κ2) is 8.92. The highest BCUT2D eigenvalue weighted by molar-refractivity contribution is 7.85. The first kappa shape index (κ1) is 20.8. The molecule has 2 aromatic rings.